The molecule has 0 aliphatic heterocycles. The molecular formula is C11H17O3P. The van der Waals surface area contributed by atoms with Crippen LogP contribution in [0.15, 0.2) is 18.2 Å². The smallest absolute Gasteiger partial charge is 0.324 e. The van der Waals surface area contributed by atoms with Crippen LogP contribution in [0.4, 0.5) is 0 Å². The summed E-state index contributed by atoms with van der Waals surface area (Å²) in [7, 11) is -3.96. The van der Waals surface area contributed by atoms with Gasteiger partial charge in [0.15, 0.2) is 0 Å². The van der Waals surface area contributed by atoms with Crippen molar-refractivity contribution in [1.29, 1.82) is 0 Å². The summed E-state index contributed by atoms with van der Waals surface area (Å²) in [6, 6.07) is 5.68. The Bertz CT molecular complexity index is 381. The fraction of sp³-hybridized carbons (Fsp3) is 0.455. The maximum Gasteiger partial charge on any atom is 0.329 e. The SMILES string of the molecule is CCc1cccc(CP(=O)(O)O)c1CC. The minimum absolute atomic E-state index is 0.149. The van der Waals surface area contributed by atoms with E-state index in [1.165, 1.54) is 5.56 Å². The molecule has 2 N–H and O–H groups in total. The standard InChI is InChI=1S/C11H17O3P/c1-3-9-6-5-7-10(11(9)4-2)8-15(12,13)14/h5-7H,3-4,8H2,1-2H3,(H2,12,13,14). The molecule has 0 atom stereocenters. The molecule has 0 aliphatic carbocycles. The second-order valence-electron chi connectivity index (χ2n) is 3.58. The van der Waals surface area contributed by atoms with E-state index in [0.717, 1.165) is 24.0 Å². The molecule has 1 rings (SSSR count). The third-order valence-corrected chi connectivity index (χ3v) is 3.23. The van der Waals surface area contributed by atoms with E-state index in [4.69, 9.17) is 9.79 Å². The van der Waals surface area contributed by atoms with Crippen LogP contribution in [0.1, 0.15) is 30.5 Å². The van der Waals surface area contributed by atoms with E-state index >= 15 is 0 Å². The fourth-order valence-corrected chi connectivity index (χ4v) is 2.58. The Hall–Kier alpha value is -0.630. The normalized spacial score (nSPS) is 11.7. The first-order chi connectivity index (χ1) is 6.98. The van der Waals surface area contributed by atoms with Gasteiger partial charge in [-0.3, -0.25) is 4.57 Å². The molecule has 0 spiro atoms. The van der Waals surface area contributed by atoms with Gasteiger partial charge in [0, 0.05) is 0 Å². The van der Waals surface area contributed by atoms with Crippen LogP contribution >= 0.6 is 7.60 Å². The predicted molar refractivity (Wildman–Crippen MR) is 60.9 cm³/mol. The van der Waals surface area contributed by atoms with Gasteiger partial charge in [-0.1, -0.05) is 32.0 Å². The van der Waals surface area contributed by atoms with Gasteiger partial charge in [-0.15, -0.1) is 0 Å². The van der Waals surface area contributed by atoms with Crippen LogP contribution in [0, 0.1) is 0 Å². The Morgan fingerprint density at radius 1 is 1.13 bits per heavy atom. The zero-order valence-electron chi connectivity index (χ0n) is 9.10. The molecule has 0 heterocycles. The molecule has 0 amide bonds. The van der Waals surface area contributed by atoms with Gasteiger partial charge in [0.05, 0.1) is 6.16 Å². The van der Waals surface area contributed by atoms with Gasteiger partial charge in [0.1, 0.15) is 0 Å². The molecule has 15 heavy (non-hydrogen) atoms. The molecule has 0 saturated carbocycles. The van der Waals surface area contributed by atoms with E-state index in [1.807, 2.05) is 19.1 Å². The second kappa shape index (κ2) is 4.93. The summed E-state index contributed by atoms with van der Waals surface area (Å²) in [5.74, 6) is 0. The highest BCUT2D eigenvalue weighted by atomic mass is 31.2. The first-order valence-electron chi connectivity index (χ1n) is 5.12. The van der Waals surface area contributed by atoms with Crippen molar-refractivity contribution in [2.75, 3.05) is 0 Å². The van der Waals surface area contributed by atoms with Gasteiger partial charge >= 0.3 is 7.60 Å². The highest BCUT2D eigenvalue weighted by molar-refractivity contribution is 7.50. The number of aryl methyl sites for hydroxylation is 1. The van der Waals surface area contributed by atoms with Crippen LogP contribution in [0.25, 0.3) is 0 Å². The maximum absolute atomic E-state index is 11.0. The average Bonchev–Trinajstić information content (AvgIpc) is 2.15. The topological polar surface area (TPSA) is 57.5 Å². The Morgan fingerprint density at radius 3 is 2.20 bits per heavy atom. The molecule has 0 unspecified atom stereocenters. The molecule has 0 bridgehead atoms. The summed E-state index contributed by atoms with van der Waals surface area (Å²) in [5, 5.41) is 0. The van der Waals surface area contributed by atoms with Gasteiger partial charge in [-0.05, 0) is 29.5 Å². The molecule has 1 aromatic rings. The Kier molecular flexibility index (Phi) is 4.09. The summed E-state index contributed by atoms with van der Waals surface area (Å²) in [6.07, 6.45) is 1.57. The van der Waals surface area contributed by atoms with E-state index in [0.29, 0.717) is 0 Å². The molecule has 1 aromatic carbocycles. The lowest BCUT2D eigenvalue weighted by atomic mass is 9.98. The molecule has 84 valence electrons. The molecule has 0 aliphatic rings. The van der Waals surface area contributed by atoms with Gasteiger partial charge in [0.2, 0.25) is 0 Å². The quantitative estimate of drug-likeness (QED) is 0.778. The van der Waals surface area contributed by atoms with Crippen LogP contribution in [0.3, 0.4) is 0 Å². The summed E-state index contributed by atoms with van der Waals surface area (Å²) in [6.45, 7) is 4.06. The minimum atomic E-state index is -3.96. The maximum atomic E-state index is 11.0. The third-order valence-electron chi connectivity index (χ3n) is 2.48. The monoisotopic (exact) mass is 228 g/mol. The van der Waals surface area contributed by atoms with E-state index < -0.39 is 7.60 Å². The highest BCUT2D eigenvalue weighted by Gasteiger charge is 2.17. The van der Waals surface area contributed by atoms with E-state index in [9.17, 15) is 4.57 Å². The van der Waals surface area contributed by atoms with Crippen molar-refractivity contribution in [3.63, 3.8) is 0 Å². The average molecular weight is 228 g/mol. The lowest BCUT2D eigenvalue weighted by Crippen LogP contribution is -1.98. The summed E-state index contributed by atoms with van der Waals surface area (Å²) >= 11 is 0. The van der Waals surface area contributed by atoms with Crippen LogP contribution in [-0.4, -0.2) is 9.79 Å². The summed E-state index contributed by atoms with van der Waals surface area (Å²) in [4.78, 5) is 17.9. The lowest BCUT2D eigenvalue weighted by molar-refractivity contribution is 0.371. The lowest BCUT2D eigenvalue weighted by Gasteiger charge is -2.12. The number of hydrogen-bond acceptors (Lipinski definition) is 1. The van der Waals surface area contributed by atoms with Crippen LogP contribution in [0.5, 0.6) is 0 Å². The van der Waals surface area contributed by atoms with Crippen LogP contribution < -0.4 is 0 Å². The van der Waals surface area contributed by atoms with Gasteiger partial charge in [-0.2, -0.15) is 0 Å². The first kappa shape index (κ1) is 12.4. The molecular weight excluding hydrogens is 211 g/mol. The molecule has 4 heteroatoms. The molecule has 0 aromatic heterocycles. The third kappa shape index (κ3) is 3.45. The molecule has 0 fully saturated rings. The van der Waals surface area contributed by atoms with Crippen molar-refractivity contribution >= 4 is 7.60 Å². The second-order valence-corrected chi connectivity index (χ2v) is 5.23. The van der Waals surface area contributed by atoms with Crippen molar-refractivity contribution in [3.05, 3.63) is 34.9 Å². The zero-order valence-corrected chi connectivity index (χ0v) is 10.00. The number of rotatable bonds is 4. The van der Waals surface area contributed by atoms with Gasteiger partial charge in [-0.25, -0.2) is 0 Å². The highest BCUT2D eigenvalue weighted by Crippen LogP contribution is 2.40. The predicted octanol–water partition coefficient (Wildman–Crippen LogP) is 2.49. The number of benzene rings is 1. The first-order valence-corrected chi connectivity index (χ1v) is 6.92. The largest absolute Gasteiger partial charge is 0.329 e. The summed E-state index contributed by atoms with van der Waals surface area (Å²) < 4.78 is 11.0. The Balaban J connectivity index is 3.12. The van der Waals surface area contributed by atoms with Crippen LogP contribution in [-0.2, 0) is 23.6 Å². The van der Waals surface area contributed by atoms with E-state index in [-0.39, 0.29) is 6.16 Å². The molecule has 3 nitrogen and oxygen atoms in total. The molecule has 0 saturated heterocycles. The van der Waals surface area contributed by atoms with Crippen LogP contribution in [0.2, 0.25) is 0 Å². The Morgan fingerprint density at radius 2 is 1.73 bits per heavy atom. The van der Waals surface area contributed by atoms with Crippen molar-refractivity contribution < 1.29 is 14.4 Å². The Labute approximate surface area is 90.3 Å². The van der Waals surface area contributed by atoms with Crippen molar-refractivity contribution in [1.82, 2.24) is 0 Å². The van der Waals surface area contributed by atoms with Crippen molar-refractivity contribution in [2.24, 2.45) is 0 Å². The zero-order chi connectivity index (χ0) is 11.5. The summed E-state index contributed by atoms with van der Waals surface area (Å²) in [5.41, 5.74) is 3.05. The van der Waals surface area contributed by atoms with Gasteiger partial charge in [0.25, 0.3) is 0 Å². The molecule has 0 radical (unpaired) electrons. The van der Waals surface area contributed by atoms with Crippen molar-refractivity contribution in [3.8, 4) is 0 Å². The minimum Gasteiger partial charge on any atom is -0.324 e. The van der Waals surface area contributed by atoms with E-state index in [1.54, 1.807) is 6.07 Å². The van der Waals surface area contributed by atoms with Gasteiger partial charge < -0.3 is 9.79 Å². The van der Waals surface area contributed by atoms with Crippen molar-refractivity contribution in [2.45, 2.75) is 32.9 Å². The fourth-order valence-electron chi connectivity index (χ4n) is 1.84. The van der Waals surface area contributed by atoms with E-state index in [2.05, 4.69) is 6.92 Å². The number of hydrogen-bond donors (Lipinski definition) is 2.